The van der Waals surface area contributed by atoms with Crippen molar-refractivity contribution in [3.05, 3.63) is 83.8 Å². The standard InChI is InChI=1S/C22H22N2O6S/c1-16-8-10-18(11-9-16)24(2)31(27,28)20-7-3-5-17(13-20)22(26)30-15-21(25)23-14-19-6-4-12-29-19/h3-13H,14-15H2,1-2H3,(H,23,25). The lowest BCUT2D eigenvalue weighted by atomic mass is 10.2. The molecular weight excluding hydrogens is 420 g/mol. The van der Waals surface area contributed by atoms with Crippen molar-refractivity contribution in [1.29, 1.82) is 0 Å². The smallest absolute Gasteiger partial charge is 0.338 e. The third-order valence-electron chi connectivity index (χ3n) is 4.50. The van der Waals surface area contributed by atoms with Crippen LogP contribution in [0.5, 0.6) is 0 Å². The summed E-state index contributed by atoms with van der Waals surface area (Å²) < 4.78 is 37.1. The van der Waals surface area contributed by atoms with Gasteiger partial charge in [0.25, 0.3) is 15.9 Å². The number of hydrogen-bond donors (Lipinski definition) is 1. The van der Waals surface area contributed by atoms with Crippen molar-refractivity contribution in [3.8, 4) is 0 Å². The van der Waals surface area contributed by atoms with Crippen molar-refractivity contribution in [2.75, 3.05) is 18.0 Å². The molecule has 3 aromatic rings. The molecule has 0 radical (unpaired) electrons. The van der Waals surface area contributed by atoms with Crippen LogP contribution >= 0.6 is 0 Å². The monoisotopic (exact) mass is 442 g/mol. The maximum absolute atomic E-state index is 13.0. The van der Waals surface area contributed by atoms with Gasteiger partial charge in [-0.3, -0.25) is 9.10 Å². The van der Waals surface area contributed by atoms with Crippen LogP contribution in [0, 0.1) is 6.92 Å². The Hall–Kier alpha value is -3.59. The molecule has 0 aliphatic carbocycles. The molecule has 9 heteroatoms. The molecule has 1 N–H and O–H groups in total. The predicted molar refractivity (Wildman–Crippen MR) is 114 cm³/mol. The summed E-state index contributed by atoms with van der Waals surface area (Å²) in [4.78, 5) is 24.1. The highest BCUT2D eigenvalue weighted by atomic mass is 32.2. The number of nitrogens with zero attached hydrogens (tertiary/aromatic N) is 1. The molecule has 1 amide bonds. The number of anilines is 1. The van der Waals surface area contributed by atoms with Gasteiger partial charge >= 0.3 is 5.97 Å². The van der Waals surface area contributed by atoms with E-state index in [1.54, 1.807) is 24.3 Å². The van der Waals surface area contributed by atoms with Crippen molar-refractivity contribution in [2.24, 2.45) is 0 Å². The van der Waals surface area contributed by atoms with Gasteiger partial charge in [0.05, 0.1) is 29.0 Å². The molecular formula is C22H22N2O6S. The third kappa shape index (κ3) is 5.52. The Labute approximate surface area is 180 Å². The minimum atomic E-state index is -3.89. The van der Waals surface area contributed by atoms with E-state index in [9.17, 15) is 18.0 Å². The zero-order valence-corrected chi connectivity index (χ0v) is 17.9. The first-order chi connectivity index (χ1) is 14.8. The first-order valence-electron chi connectivity index (χ1n) is 9.39. The van der Waals surface area contributed by atoms with Crippen LogP contribution < -0.4 is 9.62 Å². The van der Waals surface area contributed by atoms with Crippen molar-refractivity contribution in [2.45, 2.75) is 18.4 Å². The molecule has 1 aromatic heterocycles. The summed E-state index contributed by atoms with van der Waals surface area (Å²) in [6, 6.07) is 15.9. The number of rotatable bonds is 8. The summed E-state index contributed by atoms with van der Waals surface area (Å²) in [5.41, 5.74) is 1.52. The molecule has 0 saturated carbocycles. The summed E-state index contributed by atoms with van der Waals surface area (Å²) in [7, 11) is -2.45. The molecule has 0 fully saturated rings. The first-order valence-corrected chi connectivity index (χ1v) is 10.8. The maximum atomic E-state index is 13.0. The average molecular weight is 442 g/mol. The van der Waals surface area contributed by atoms with Gasteiger partial charge in [-0.1, -0.05) is 23.8 Å². The summed E-state index contributed by atoms with van der Waals surface area (Å²) >= 11 is 0. The number of furan rings is 1. The number of ether oxygens (including phenoxy) is 1. The molecule has 0 atom stereocenters. The predicted octanol–water partition coefficient (Wildman–Crippen LogP) is 2.89. The maximum Gasteiger partial charge on any atom is 0.338 e. The fraction of sp³-hybridized carbons (Fsp3) is 0.182. The van der Waals surface area contributed by atoms with E-state index in [-0.39, 0.29) is 17.0 Å². The second kappa shape index (κ2) is 9.48. The fourth-order valence-corrected chi connectivity index (χ4v) is 3.94. The number of carbonyl (C=O) groups excluding carboxylic acids is 2. The summed E-state index contributed by atoms with van der Waals surface area (Å²) in [5, 5.41) is 2.55. The zero-order chi connectivity index (χ0) is 22.4. The molecule has 0 aliphatic heterocycles. The van der Waals surface area contributed by atoms with Crippen LogP contribution in [0.25, 0.3) is 0 Å². The van der Waals surface area contributed by atoms with Gasteiger partial charge in [-0.15, -0.1) is 0 Å². The van der Waals surface area contributed by atoms with E-state index in [1.807, 2.05) is 19.1 Å². The van der Waals surface area contributed by atoms with Gasteiger partial charge in [0.15, 0.2) is 6.61 Å². The summed E-state index contributed by atoms with van der Waals surface area (Å²) in [6.45, 7) is 1.58. The van der Waals surface area contributed by atoms with Crippen molar-refractivity contribution in [1.82, 2.24) is 5.32 Å². The fourth-order valence-electron chi connectivity index (χ4n) is 2.70. The topological polar surface area (TPSA) is 106 Å². The molecule has 0 unspecified atom stereocenters. The van der Waals surface area contributed by atoms with Gasteiger partial charge in [-0.05, 0) is 49.4 Å². The van der Waals surface area contributed by atoms with Gasteiger partial charge in [0, 0.05) is 7.05 Å². The Morgan fingerprint density at radius 3 is 2.48 bits per heavy atom. The number of hydrogen-bond acceptors (Lipinski definition) is 6. The Balaban J connectivity index is 1.65. The lowest BCUT2D eigenvalue weighted by Gasteiger charge is -2.20. The lowest BCUT2D eigenvalue weighted by Crippen LogP contribution is -2.28. The van der Waals surface area contributed by atoms with Gasteiger partial charge in [-0.2, -0.15) is 0 Å². The number of amides is 1. The number of carbonyl (C=O) groups is 2. The molecule has 162 valence electrons. The normalized spacial score (nSPS) is 11.0. The molecule has 0 spiro atoms. The minimum absolute atomic E-state index is 0.0252. The highest BCUT2D eigenvalue weighted by Crippen LogP contribution is 2.23. The largest absolute Gasteiger partial charge is 0.467 e. The van der Waals surface area contributed by atoms with Crippen LogP contribution in [0.15, 0.2) is 76.2 Å². The average Bonchev–Trinajstić information content (AvgIpc) is 3.30. The minimum Gasteiger partial charge on any atom is -0.467 e. The van der Waals surface area contributed by atoms with E-state index in [2.05, 4.69) is 5.32 Å². The van der Waals surface area contributed by atoms with Crippen LogP contribution in [0.4, 0.5) is 5.69 Å². The molecule has 2 aromatic carbocycles. The SMILES string of the molecule is Cc1ccc(N(C)S(=O)(=O)c2cccc(C(=O)OCC(=O)NCc3ccco3)c2)cc1. The number of sulfonamides is 1. The molecule has 0 saturated heterocycles. The van der Waals surface area contributed by atoms with E-state index in [0.29, 0.717) is 11.4 Å². The van der Waals surface area contributed by atoms with Crippen molar-refractivity contribution in [3.63, 3.8) is 0 Å². The third-order valence-corrected chi connectivity index (χ3v) is 6.28. The Morgan fingerprint density at radius 1 is 1.06 bits per heavy atom. The van der Waals surface area contributed by atoms with Crippen molar-refractivity contribution >= 4 is 27.6 Å². The highest BCUT2D eigenvalue weighted by molar-refractivity contribution is 7.92. The summed E-state index contributed by atoms with van der Waals surface area (Å²) in [6.07, 6.45) is 1.48. The van der Waals surface area contributed by atoms with Gasteiger partial charge in [-0.25, -0.2) is 13.2 Å². The number of aryl methyl sites for hydroxylation is 1. The number of esters is 1. The molecule has 0 aliphatic rings. The second-order valence-electron chi connectivity index (χ2n) is 6.77. The number of benzene rings is 2. The Bertz CT molecular complexity index is 1150. The van der Waals surface area contributed by atoms with Crippen LogP contribution in [-0.4, -0.2) is 33.9 Å². The van der Waals surface area contributed by atoms with E-state index in [4.69, 9.17) is 9.15 Å². The Kier molecular flexibility index (Phi) is 6.76. The van der Waals surface area contributed by atoms with E-state index >= 15 is 0 Å². The number of nitrogens with one attached hydrogen (secondary N) is 1. The van der Waals surface area contributed by atoms with E-state index in [1.165, 1.54) is 37.6 Å². The summed E-state index contributed by atoms with van der Waals surface area (Å²) in [5.74, 6) is -0.744. The molecule has 3 rings (SSSR count). The zero-order valence-electron chi connectivity index (χ0n) is 17.1. The highest BCUT2D eigenvalue weighted by Gasteiger charge is 2.23. The van der Waals surface area contributed by atoms with Gasteiger partial charge in [0.1, 0.15) is 5.76 Å². The lowest BCUT2D eigenvalue weighted by molar-refractivity contribution is -0.124. The van der Waals surface area contributed by atoms with Gasteiger partial charge < -0.3 is 14.5 Å². The quantitative estimate of drug-likeness (QED) is 0.538. The van der Waals surface area contributed by atoms with E-state index < -0.39 is 28.5 Å². The van der Waals surface area contributed by atoms with Crippen molar-refractivity contribution < 1.29 is 27.2 Å². The van der Waals surface area contributed by atoms with Crippen LogP contribution in [0.2, 0.25) is 0 Å². The second-order valence-corrected chi connectivity index (χ2v) is 8.74. The van der Waals surface area contributed by atoms with E-state index in [0.717, 1.165) is 9.87 Å². The molecule has 31 heavy (non-hydrogen) atoms. The Morgan fingerprint density at radius 2 is 1.81 bits per heavy atom. The van der Waals surface area contributed by atoms with Crippen LogP contribution in [0.3, 0.4) is 0 Å². The van der Waals surface area contributed by atoms with Gasteiger partial charge in [0.2, 0.25) is 0 Å². The molecule has 8 nitrogen and oxygen atoms in total. The molecule has 1 heterocycles. The first kappa shape index (κ1) is 22.1. The van der Waals surface area contributed by atoms with Crippen LogP contribution in [-0.2, 0) is 26.1 Å². The van der Waals surface area contributed by atoms with Crippen LogP contribution in [0.1, 0.15) is 21.7 Å². The molecule has 0 bridgehead atoms.